The predicted octanol–water partition coefficient (Wildman–Crippen LogP) is 4.26. The average molecular weight is 599 g/mol. The Labute approximate surface area is 255 Å². The molecule has 1 aromatic heterocycles. The average Bonchev–Trinajstić information content (AvgIpc) is 3.04. The Morgan fingerprint density at radius 3 is 2.16 bits per heavy atom. The van der Waals surface area contributed by atoms with Gasteiger partial charge in [-0.25, -0.2) is 14.4 Å². The topological polar surface area (TPSA) is 109 Å². The van der Waals surface area contributed by atoms with Crippen molar-refractivity contribution in [1.29, 1.82) is 0 Å². The van der Waals surface area contributed by atoms with E-state index in [1.165, 1.54) is 24.3 Å². The molecule has 0 spiro atoms. The van der Waals surface area contributed by atoms with Crippen molar-refractivity contribution in [3.63, 3.8) is 0 Å². The molecule has 1 saturated heterocycles. The van der Waals surface area contributed by atoms with Gasteiger partial charge < -0.3 is 25.0 Å². The molecule has 0 saturated carbocycles. The lowest BCUT2D eigenvalue weighted by molar-refractivity contribution is -0.133. The molecule has 3 aromatic carbocycles. The van der Waals surface area contributed by atoms with E-state index in [0.717, 1.165) is 5.56 Å². The minimum atomic E-state index is -1.35. The van der Waals surface area contributed by atoms with Crippen LogP contribution in [0.2, 0.25) is 0 Å². The van der Waals surface area contributed by atoms with Gasteiger partial charge in [0.1, 0.15) is 22.9 Å². The third kappa shape index (κ3) is 8.59. The fourth-order valence-corrected chi connectivity index (χ4v) is 4.73. The number of aromatic nitrogens is 2. The van der Waals surface area contributed by atoms with Crippen molar-refractivity contribution >= 4 is 23.5 Å². The molecular formula is C33H35FN6O4. The molecule has 44 heavy (non-hydrogen) atoms. The normalized spacial score (nSPS) is 14.8. The van der Waals surface area contributed by atoms with Crippen LogP contribution in [0, 0.1) is 5.82 Å². The Balaban J connectivity index is 1.19. The number of halogens is 1. The largest absolute Gasteiger partial charge is 0.457 e. The second-order valence-electron chi connectivity index (χ2n) is 10.7. The lowest BCUT2D eigenvalue weighted by atomic mass is 10.0. The molecular weight excluding hydrogens is 563 g/mol. The van der Waals surface area contributed by atoms with Gasteiger partial charge >= 0.3 is 0 Å². The molecule has 1 fully saturated rings. The zero-order valence-electron chi connectivity index (χ0n) is 24.5. The number of rotatable bonds is 12. The van der Waals surface area contributed by atoms with E-state index in [0.29, 0.717) is 55.9 Å². The highest BCUT2D eigenvalue weighted by Gasteiger charge is 2.36. The van der Waals surface area contributed by atoms with Gasteiger partial charge in [-0.1, -0.05) is 30.3 Å². The Kier molecular flexibility index (Phi) is 10.1. The van der Waals surface area contributed by atoms with E-state index in [2.05, 4.69) is 25.5 Å². The quantitative estimate of drug-likeness (QED) is 0.249. The van der Waals surface area contributed by atoms with Crippen molar-refractivity contribution in [1.82, 2.24) is 20.2 Å². The molecule has 4 aromatic rings. The lowest BCUT2D eigenvalue weighted by Crippen LogP contribution is -2.60. The van der Waals surface area contributed by atoms with Crippen LogP contribution in [0.3, 0.4) is 0 Å². The van der Waals surface area contributed by atoms with E-state index in [1.54, 1.807) is 49.6 Å². The van der Waals surface area contributed by atoms with Crippen molar-refractivity contribution in [2.75, 3.05) is 49.5 Å². The molecule has 2 N–H and O–H groups in total. The highest BCUT2D eigenvalue weighted by atomic mass is 19.1. The van der Waals surface area contributed by atoms with Crippen LogP contribution in [0.4, 0.5) is 16.0 Å². The first-order valence-corrected chi connectivity index (χ1v) is 14.4. The molecule has 11 heteroatoms. The molecule has 1 unspecified atom stereocenters. The highest BCUT2D eigenvalue weighted by Crippen LogP contribution is 2.24. The van der Waals surface area contributed by atoms with Crippen molar-refractivity contribution in [3.8, 4) is 11.5 Å². The van der Waals surface area contributed by atoms with Crippen LogP contribution in [-0.4, -0.2) is 71.6 Å². The zero-order valence-corrected chi connectivity index (χ0v) is 24.5. The van der Waals surface area contributed by atoms with Crippen molar-refractivity contribution < 1.29 is 23.5 Å². The number of anilines is 2. The number of nitrogens with zero attached hydrogens (tertiary/aromatic N) is 4. The van der Waals surface area contributed by atoms with Gasteiger partial charge in [-0.2, -0.15) is 0 Å². The third-order valence-corrected chi connectivity index (χ3v) is 7.15. The van der Waals surface area contributed by atoms with Gasteiger partial charge in [0.2, 0.25) is 11.9 Å². The highest BCUT2D eigenvalue weighted by molar-refractivity contribution is 6.00. The van der Waals surface area contributed by atoms with Gasteiger partial charge in [-0.05, 0) is 67.1 Å². The van der Waals surface area contributed by atoms with Crippen LogP contribution in [0.1, 0.15) is 12.5 Å². The summed E-state index contributed by atoms with van der Waals surface area (Å²) in [4.78, 5) is 39.6. The number of carbonyl (C=O) groups excluding carboxylic acids is 2. The smallest absolute Gasteiger partial charge is 0.252 e. The van der Waals surface area contributed by atoms with Crippen LogP contribution in [0.15, 0.2) is 97.3 Å². The van der Waals surface area contributed by atoms with Crippen LogP contribution in [0.5, 0.6) is 11.5 Å². The summed E-state index contributed by atoms with van der Waals surface area (Å²) in [5.41, 5.74) is 0.123. The van der Waals surface area contributed by atoms with Crippen molar-refractivity contribution in [2.24, 2.45) is 0 Å². The first-order chi connectivity index (χ1) is 21.4. The molecule has 1 atom stereocenters. The van der Waals surface area contributed by atoms with Gasteiger partial charge in [0.05, 0.1) is 19.8 Å². The van der Waals surface area contributed by atoms with E-state index >= 15 is 0 Å². The van der Waals surface area contributed by atoms with Crippen molar-refractivity contribution in [2.45, 2.75) is 19.1 Å². The molecule has 5 rings (SSSR count). The number of ether oxygens (including phenoxy) is 2. The molecule has 2 heterocycles. The monoisotopic (exact) mass is 598 g/mol. The summed E-state index contributed by atoms with van der Waals surface area (Å²) in [6.07, 6.45) is 3.42. The number of carbonyl (C=O) groups is 2. The van der Waals surface area contributed by atoms with E-state index in [1.807, 2.05) is 35.2 Å². The molecule has 1 aliphatic rings. The summed E-state index contributed by atoms with van der Waals surface area (Å²) in [5.74, 6) is 0.640. The summed E-state index contributed by atoms with van der Waals surface area (Å²) < 4.78 is 24.9. The number of nitrogens with one attached hydrogen (secondary N) is 2. The molecule has 10 nitrogen and oxygen atoms in total. The van der Waals surface area contributed by atoms with Crippen LogP contribution in [0.25, 0.3) is 0 Å². The van der Waals surface area contributed by atoms with Gasteiger partial charge in [0.15, 0.2) is 0 Å². The Morgan fingerprint density at radius 1 is 0.864 bits per heavy atom. The molecule has 1 aliphatic heterocycles. The van der Waals surface area contributed by atoms with E-state index in [4.69, 9.17) is 9.47 Å². The van der Waals surface area contributed by atoms with E-state index in [9.17, 15) is 14.0 Å². The molecule has 0 aliphatic carbocycles. The molecule has 228 valence electrons. The second-order valence-corrected chi connectivity index (χ2v) is 10.7. The summed E-state index contributed by atoms with van der Waals surface area (Å²) >= 11 is 0. The maximum absolute atomic E-state index is 13.6. The number of benzene rings is 3. The van der Waals surface area contributed by atoms with E-state index < -0.39 is 11.4 Å². The number of hydrogen-bond donors (Lipinski definition) is 2. The van der Waals surface area contributed by atoms with Crippen molar-refractivity contribution in [3.05, 3.63) is 109 Å². The maximum Gasteiger partial charge on any atom is 0.252 e. The molecule has 0 bridgehead atoms. The van der Waals surface area contributed by atoms with Crippen LogP contribution in [-0.2, 0) is 20.9 Å². The second kappa shape index (κ2) is 14.5. The standard InChI is InChI=1S/C33H35FN6O4/c1-33(24-43-23-25-6-3-2-4-7-25,38-30(41)22-39-18-20-40(21-19-39)32-35-16-5-17-36-32)31(42)37-27-10-14-29(15-11-27)44-28-12-8-26(34)9-13-28/h2-17H,18-24H2,1H3,(H,37,42)(H,38,41). The maximum atomic E-state index is 13.6. The SMILES string of the molecule is CC(COCc1ccccc1)(NC(=O)CN1CCN(c2ncccn2)CC1)C(=O)Nc1ccc(Oc2ccc(F)cc2)cc1. The Bertz CT molecular complexity index is 1500. The predicted molar refractivity (Wildman–Crippen MR) is 165 cm³/mol. The van der Waals surface area contributed by atoms with Gasteiger partial charge in [-0.15, -0.1) is 0 Å². The zero-order chi connectivity index (χ0) is 30.8. The summed E-state index contributed by atoms with van der Waals surface area (Å²) in [6.45, 7) is 4.74. The van der Waals surface area contributed by atoms with Gasteiger partial charge in [0.25, 0.3) is 5.91 Å². The third-order valence-electron chi connectivity index (χ3n) is 7.15. The minimum absolute atomic E-state index is 0.0373. The van der Waals surface area contributed by atoms with Crippen LogP contribution < -0.4 is 20.3 Å². The first kappa shape index (κ1) is 30.6. The fraction of sp³-hybridized carbons (Fsp3) is 0.273. The number of amides is 2. The summed E-state index contributed by atoms with van der Waals surface area (Å²) in [7, 11) is 0. The Morgan fingerprint density at radius 2 is 1.50 bits per heavy atom. The fourth-order valence-electron chi connectivity index (χ4n) is 4.73. The van der Waals surface area contributed by atoms with E-state index in [-0.39, 0.29) is 24.9 Å². The summed E-state index contributed by atoms with van der Waals surface area (Å²) in [6, 6.07) is 23.9. The molecule has 0 radical (unpaired) electrons. The number of piperazine rings is 1. The Hall–Kier alpha value is -4.87. The number of hydrogen-bond acceptors (Lipinski definition) is 8. The minimum Gasteiger partial charge on any atom is -0.457 e. The lowest BCUT2D eigenvalue weighted by Gasteiger charge is -2.35. The first-order valence-electron chi connectivity index (χ1n) is 14.4. The summed E-state index contributed by atoms with van der Waals surface area (Å²) in [5, 5.41) is 5.82. The van der Waals surface area contributed by atoms with Gasteiger partial charge in [0, 0.05) is 44.3 Å². The van der Waals surface area contributed by atoms with Gasteiger partial charge in [-0.3, -0.25) is 14.5 Å². The molecule has 2 amide bonds. The van der Waals surface area contributed by atoms with Crippen LogP contribution >= 0.6 is 0 Å².